The summed E-state index contributed by atoms with van der Waals surface area (Å²) in [5.41, 5.74) is -0.788. The van der Waals surface area contributed by atoms with Gasteiger partial charge >= 0.3 is 5.97 Å². The molecule has 0 unspecified atom stereocenters. The molecular weight excluding hydrogens is 242 g/mol. The average molecular weight is 263 g/mol. The lowest BCUT2D eigenvalue weighted by molar-refractivity contribution is -0.150. The van der Waals surface area contributed by atoms with E-state index in [1.54, 1.807) is 27.7 Å². The summed E-state index contributed by atoms with van der Waals surface area (Å²) < 4.78 is 24.9. The molecule has 0 radical (unpaired) electrons. The Hall–Kier alpha value is -0.620. The Bertz CT molecular complexity index is 400. The standard InChI is InChI=1S/C11H21NO4S/c1-10(2,3)17(15,16)12-7-5-11(4,6-8-12)9(13)14/h5-8H2,1-4H3,(H,13,14). The second kappa shape index (κ2) is 4.24. The van der Waals surface area contributed by atoms with Crippen LogP contribution in [-0.4, -0.2) is 41.6 Å². The number of rotatable bonds is 2. The highest BCUT2D eigenvalue weighted by Gasteiger charge is 2.43. The van der Waals surface area contributed by atoms with E-state index in [1.807, 2.05) is 0 Å². The predicted octanol–water partition coefficient (Wildman–Crippen LogP) is 1.30. The Balaban J connectivity index is 2.81. The number of carbonyl (C=O) groups is 1. The minimum atomic E-state index is -3.33. The van der Waals surface area contributed by atoms with Crippen LogP contribution in [0.2, 0.25) is 0 Å². The second-order valence-corrected chi connectivity index (χ2v) is 8.57. The SMILES string of the molecule is CC1(C(=O)O)CCN(S(=O)(=O)C(C)(C)C)CC1. The zero-order valence-electron chi connectivity index (χ0n) is 10.9. The van der Waals surface area contributed by atoms with Gasteiger partial charge < -0.3 is 5.11 Å². The van der Waals surface area contributed by atoms with E-state index in [0.717, 1.165) is 0 Å². The monoisotopic (exact) mass is 263 g/mol. The molecule has 0 spiro atoms. The number of nitrogens with zero attached hydrogens (tertiary/aromatic N) is 1. The van der Waals surface area contributed by atoms with Crippen LogP contribution in [0.5, 0.6) is 0 Å². The Labute approximate surface area is 103 Å². The number of piperidine rings is 1. The smallest absolute Gasteiger partial charge is 0.309 e. The van der Waals surface area contributed by atoms with Crippen LogP contribution in [0.25, 0.3) is 0 Å². The lowest BCUT2D eigenvalue weighted by atomic mass is 9.81. The van der Waals surface area contributed by atoms with E-state index in [2.05, 4.69) is 0 Å². The largest absolute Gasteiger partial charge is 0.481 e. The first-order valence-corrected chi connectivity index (χ1v) is 7.18. The van der Waals surface area contributed by atoms with Crippen molar-refractivity contribution in [2.24, 2.45) is 5.41 Å². The van der Waals surface area contributed by atoms with Crippen LogP contribution in [0.15, 0.2) is 0 Å². The molecule has 0 amide bonds. The first-order chi connectivity index (χ1) is 7.51. The van der Waals surface area contributed by atoms with E-state index < -0.39 is 26.2 Å². The summed E-state index contributed by atoms with van der Waals surface area (Å²) in [5.74, 6) is -0.842. The zero-order chi connectivity index (χ0) is 13.5. The van der Waals surface area contributed by atoms with Gasteiger partial charge in [0, 0.05) is 13.1 Å². The van der Waals surface area contributed by atoms with Gasteiger partial charge in [-0.3, -0.25) is 4.79 Å². The maximum absolute atomic E-state index is 12.2. The number of aliphatic carboxylic acids is 1. The summed E-state index contributed by atoms with van der Waals surface area (Å²) in [4.78, 5) is 11.1. The molecule has 6 heteroatoms. The highest BCUT2D eigenvalue weighted by Crippen LogP contribution is 2.34. The third kappa shape index (κ3) is 2.63. The van der Waals surface area contributed by atoms with Gasteiger partial charge in [0.05, 0.1) is 10.2 Å². The first kappa shape index (κ1) is 14.4. The Morgan fingerprint density at radius 3 is 1.94 bits per heavy atom. The first-order valence-electron chi connectivity index (χ1n) is 5.74. The van der Waals surface area contributed by atoms with Crippen molar-refractivity contribution in [3.63, 3.8) is 0 Å². The molecule has 100 valence electrons. The van der Waals surface area contributed by atoms with Crippen LogP contribution in [0.1, 0.15) is 40.5 Å². The molecule has 1 heterocycles. The Kier molecular flexibility index (Phi) is 3.60. The fraction of sp³-hybridized carbons (Fsp3) is 0.909. The quantitative estimate of drug-likeness (QED) is 0.815. The molecule has 1 fully saturated rings. The van der Waals surface area contributed by atoms with Crippen molar-refractivity contribution in [3.8, 4) is 0 Å². The van der Waals surface area contributed by atoms with Crippen LogP contribution in [0.4, 0.5) is 0 Å². The number of hydrogen-bond acceptors (Lipinski definition) is 3. The van der Waals surface area contributed by atoms with Crippen molar-refractivity contribution < 1.29 is 18.3 Å². The second-order valence-electron chi connectivity index (χ2n) is 5.88. The maximum Gasteiger partial charge on any atom is 0.309 e. The van der Waals surface area contributed by atoms with Gasteiger partial charge in [0.2, 0.25) is 10.0 Å². The van der Waals surface area contributed by atoms with E-state index in [9.17, 15) is 13.2 Å². The van der Waals surface area contributed by atoms with Gasteiger partial charge in [0.25, 0.3) is 0 Å². The highest BCUT2D eigenvalue weighted by molar-refractivity contribution is 7.90. The minimum absolute atomic E-state index is 0.294. The predicted molar refractivity (Wildman–Crippen MR) is 65.2 cm³/mol. The van der Waals surface area contributed by atoms with Gasteiger partial charge in [0.15, 0.2) is 0 Å². The summed E-state index contributed by atoms with van der Waals surface area (Å²) in [5, 5.41) is 9.08. The van der Waals surface area contributed by atoms with Gasteiger partial charge in [-0.2, -0.15) is 0 Å². The molecule has 1 saturated heterocycles. The third-order valence-corrected chi connectivity index (χ3v) is 6.05. The summed E-state index contributed by atoms with van der Waals surface area (Å²) in [7, 11) is -3.33. The fourth-order valence-electron chi connectivity index (χ4n) is 1.82. The van der Waals surface area contributed by atoms with E-state index in [4.69, 9.17) is 5.11 Å². The normalized spacial score (nSPS) is 22.4. The van der Waals surface area contributed by atoms with Crippen LogP contribution in [0, 0.1) is 5.41 Å². The number of carboxylic acids is 1. The van der Waals surface area contributed by atoms with Crippen LogP contribution >= 0.6 is 0 Å². The van der Waals surface area contributed by atoms with E-state index >= 15 is 0 Å². The number of sulfonamides is 1. The van der Waals surface area contributed by atoms with Gasteiger partial charge in [-0.25, -0.2) is 12.7 Å². The molecule has 0 aromatic carbocycles. The molecule has 17 heavy (non-hydrogen) atoms. The lowest BCUT2D eigenvalue weighted by Gasteiger charge is -2.38. The van der Waals surface area contributed by atoms with E-state index in [-0.39, 0.29) is 0 Å². The van der Waals surface area contributed by atoms with Gasteiger partial charge in [-0.1, -0.05) is 0 Å². The molecule has 1 aliphatic rings. The zero-order valence-corrected chi connectivity index (χ0v) is 11.7. The van der Waals surface area contributed by atoms with Gasteiger partial charge in [-0.05, 0) is 40.5 Å². The van der Waals surface area contributed by atoms with Crippen molar-refractivity contribution in [2.45, 2.75) is 45.3 Å². The van der Waals surface area contributed by atoms with Crippen molar-refractivity contribution in [1.82, 2.24) is 4.31 Å². The summed E-state index contributed by atoms with van der Waals surface area (Å²) in [6.45, 7) is 7.25. The van der Waals surface area contributed by atoms with Gasteiger partial charge in [0.1, 0.15) is 0 Å². The molecule has 0 aromatic heterocycles. The molecule has 0 atom stereocenters. The van der Waals surface area contributed by atoms with E-state index in [0.29, 0.717) is 25.9 Å². The molecule has 0 aromatic rings. The highest BCUT2D eigenvalue weighted by atomic mass is 32.2. The van der Waals surface area contributed by atoms with Crippen molar-refractivity contribution in [2.75, 3.05) is 13.1 Å². The minimum Gasteiger partial charge on any atom is -0.481 e. The molecule has 0 aliphatic carbocycles. The molecular formula is C11H21NO4S. The lowest BCUT2D eigenvalue weighted by Crippen LogP contribution is -2.50. The Morgan fingerprint density at radius 1 is 1.24 bits per heavy atom. The number of hydrogen-bond donors (Lipinski definition) is 1. The molecule has 0 saturated carbocycles. The molecule has 5 nitrogen and oxygen atoms in total. The average Bonchev–Trinajstić information content (AvgIpc) is 2.16. The molecule has 0 bridgehead atoms. The van der Waals surface area contributed by atoms with Gasteiger partial charge in [-0.15, -0.1) is 0 Å². The van der Waals surface area contributed by atoms with E-state index in [1.165, 1.54) is 4.31 Å². The molecule has 1 N–H and O–H groups in total. The Morgan fingerprint density at radius 2 is 1.65 bits per heavy atom. The van der Waals surface area contributed by atoms with Crippen LogP contribution in [-0.2, 0) is 14.8 Å². The third-order valence-electron chi connectivity index (χ3n) is 3.46. The number of carboxylic acid groups (broad SMARTS) is 1. The van der Waals surface area contributed by atoms with Crippen molar-refractivity contribution >= 4 is 16.0 Å². The van der Waals surface area contributed by atoms with Crippen LogP contribution < -0.4 is 0 Å². The summed E-state index contributed by atoms with van der Waals surface area (Å²) in [6.07, 6.45) is 0.745. The van der Waals surface area contributed by atoms with Crippen molar-refractivity contribution in [1.29, 1.82) is 0 Å². The summed E-state index contributed by atoms with van der Waals surface area (Å²) in [6, 6.07) is 0. The topological polar surface area (TPSA) is 74.7 Å². The van der Waals surface area contributed by atoms with Crippen molar-refractivity contribution in [3.05, 3.63) is 0 Å². The summed E-state index contributed by atoms with van der Waals surface area (Å²) >= 11 is 0. The molecule has 1 rings (SSSR count). The maximum atomic E-state index is 12.2. The molecule has 1 aliphatic heterocycles. The fourth-order valence-corrected chi connectivity index (χ4v) is 3.26. The van der Waals surface area contributed by atoms with Crippen LogP contribution in [0.3, 0.4) is 0 Å².